The summed E-state index contributed by atoms with van der Waals surface area (Å²) in [5.41, 5.74) is 1.90. The number of hydrogen-bond acceptors (Lipinski definition) is 5. The van der Waals surface area contributed by atoms with Crippen LogP contribution in [0.25, 0.3) is 10.4 Å². The summed E-state index contributed by atoms with van der Waals surface area (Å²) < 4.78 is 18.1. The van der Waals surface area contributed by atoms with Crippen LogP contribution < -0.4 is 10.6 Å². The number of carbonyl (C=O) groups excluding carboxylic acids is 3. The SMILES string of the molecule is CC(=O)Nc1ccc(NC(=O)COC(=O)c2ccc(-c3ccc(F)cc3)s2)cc1. The highest BCUT2D eigenvalue weighted by atomic mass is 32.1. The maximum Gasteiger partial charge on any atom is 0.348 e. The second-order valence-electron chi connectivity index (χ2n) is 6.05. The van der Waals surface area contributed by atoms with Gasteiger partial charge in [0.1, 0.15) is 10.7 Å². The molecule has 1 aromatic heterocycles. The molecule has 0 atom stereocenters. The summed E-state index contributed by atoms with van der Waals surface area (Å²) in [6.07, 6.45) is 0. The Bertz CT molecular complexity index is 1030. The summed E-state index contributed by atoms with van der Waals surface area (Å²) in [5, 5.41) is 5.23. The number of thiophene rings is 1. The molecule has 2 amide bonds. The maximum atomic E-state index is 13.0. The fourth-order valence-corrected chi connectivity index (χ4v) is 3.36. The van der Waals surface area contributed by atoms with Crippen molar-refractivity contribution in [2.45, 2.75) is 6.92 Å². The molecule has 3 rings (SSSR count). The van der Waals surface area contributed by atoms with Gasteiger partial charge in [-0.3, -0.25) is 9.59 Å². The number of rotatable bonds is 6. The van der Waals surface area contributed by atoms with E-state index in [0.717, 1.165) is 10.4 Å². The van der Waals surface area contributed by atoms with Crippen LogP contribution in [0, 0.1) is 5.82 Å². The summed E-state index contributed by atoms with van der Waals surface area (Å²) >= 11 is 1.20. The highest BCUT2D eigenvalue weighted by Gasteiger charge is 2.14. The normalized spacial score (nSPS) is 10.3. The predicted octanol–water partition coefficient (Wildman–Crippen LogP) is 4.31. The van der Waals surface area contributed by atoms with Crippen molar-refractivity contribution in [2.24, 2.45) is 0 Å². The van der Waals surface area contributed by atoms with Crippen LogP contribution in [0.2, 0.25) is 0 Å². The van der Waals surface area contributed by atoms with Crippen LogP contribution in [0.15, 0.2) is 60.7 Å². The maximum absolute atomic E-state index is 13.0. The molecule has 0 aliphatic heterocycles. The highest BCUT2D eigenvalue weighted by molar-refractivity contribution is 7.17. The highest BCUT2D eigenvalue weighted by Crippen LogP contribution is 2.28. The number of hydrogen-bond donors (Lipinski definition) is 2. The topological polar surface area (TPSA) is 84.5 Å². The molecular weight excluding hydrogens is 395 g/mol. The van der Waals surface area contributed by atoms with Gasteiger partial charge in [-0.1, -0.05) is 12.1 Å². The Morgan fingerprint density at radius 2 is 1.52 bits per heavy atom. The van der Waals surface area contributed by atoms with Gasteiger partial charge in [0.05, 0.1) is 0 Å². The zero-order valence-corrected chi connectivity index (χ0v) is 16.2. The third kappa shape index (κ3) is 5.73. The van der Waals surface area contributed by atoms with Gasteiger partial charge in [-0.15, -0.1) is 11.3 Å². The van der Waals surface area contributed by atoms with E-state index in [2.05, 4.69) is 10.6 Å². The van der Waals surface area contributed by atoms with E-state index in [-0.39, 0.29) is 11.7 Å². The lowest BCUT2D eigenvalue weighted by molar-refractivity contribution is -0.119. The number of halogens is 1. The summed E-state index contributed by atoms with van der Waals surface area (Å²) in [7, 11) is 0. The van der Waals surface area contributed by atoms with Gasteiger partial charge in [0, 0.05) is 23.2 Å². The molecule has 0 radical (unpaired) electrons. The molecule has 0 spiro atoms. The van der Waals surface area contributed by atoms with Gasteiger partial charge in [-0.25, -0.2) is 9.18 Å². The number of anilines is 2. The van der Waals surface area contributed by atoms with Gasteiger partial charge >= 0.3 is 5.97 Å². The summed E-state index contributed by atoms with van der Waals surface area (Å²) in [6, 6.07) is 15.8. The summed E-state index contributed by atoms with van der Waals surface area (Å²) in [4.78, 5) is 36.3. The first-order chi connectivity index (χ1) is 13.9. The second kappa shape index (κ2) is 9.11. The Kier molecular flexibility index (Phi) is 6.36. The third-order valence-electron chi connectivity index (χ3n) is 3.76. The van der Waals surface area contributed by atoms with Crippen LogP contribution in [-0.4, -0.2) is 24.4 Å². The zero-order valence-electron chi connectivity index (χ0n) is 15.4. The van der Waals surface area contributed by atoms with Crippen molar-refractivity contribution in [3.05, 3.63) is 71.4 Å². The minimum atomic E-state index is -0.612. The summed E-state index contributed by atoms with van der Waals surface area (Å²) in [5.74, 6) is -1.62. The Labute approximate surface area is 170 Å². The average Bonchev–Trinajstić information content (AvgIpc) is 3.18. The van der Waals surface area contributed by atoms with Crippen LogP contribution >= 0.6 is 11.3 Å². The van der Waals surface area contributed by atoms with Gasteiger partial charge in [-0.05, 0) is 54.1 Å². The molecule has 0 unspecified atom stereocenters. The van der Waals surface area contributed by atoms with Crippen molar-refractivity contribution in [2.75, 3.05) is 17.2 Å². The first-order valence-corrected chi connectivity index (χ1v) is 9.43. The Hall–Kier alpha value is -3.52. The van der Waals surface area contributed by atoms with Gasteiger partial charge in [0.2, 0.25) is 5.91 Å². The molecule has 0 aliphatic carbocycles. The largest absolute Gasteiger partial charge is 0.451 e. The molecule has 0 fully saturated rings. The molecule has 0 saturated heterocycles. The molecule has 6 nitrogen and oxygen atoms in total. The van der Waals surface area contributed by atoms with Crippen LogP contribution in [-0.2, 0) is 14.3 Å². The van der Waals surface area contributed by atoms with Crippen molar-refractivity contribution < 1.29 is 23.5 Å². The number of amides is 2. The van der Waals surface area contributed by atoms with E-state index >= 15 is 0 Å². The van der Waals surface area contributed by atoms with Crippen molar-refractivity contribution in [1.82, 2.24) is 0 Å². The van der Waals surface area contributed by atoms with Gasteiger partial charge < -0.3 is 15.4 Å². The Balaban J connectivity index is 1.52. The van der Waals surface area contributed by atoms with E-state index in [0.29, 0.717) is 16.3 Å². The number of carbonyl (C=O) groups is 3. The molecule has 2 N–H and O–H groups in total. The van der Waals surface area contributed by atoms with Crippen LogP contribution in [0.1, 0.15) is 16.6 Å². The van der Waals surface area contributed by atoms with Crippen LogP contribution in [0.3, 0.4) is 0 Å². The van der Waals surface area contributed by atoms with Crippen LogP contribution in [0.5, 0.6) is 0 Å². The fraction of sp³-hybridized carbons (Fsp3) is 0.0952. The smallest absolute Gasteiger partial charge is 0.348 e. The molecule has 2 aromatic carbocycles. The number of benzene rings is 2. The zero-order chi connectivity index (χ0) is 20.8. The van der Waals surface area contributed by atoms with E-state index in [4.69, 9.17) is 4.74 Å². The molecule has 8 heteroatoms. The fourth-order valence-electron chi connectivity index (χ4n) is 2.46. The Morgan fingerprint density at radius 3 is 2.14 bits per heavy atom. The van der Waals surface area contributed by atoms with E-state index in [1.165, 1.54) is 30.4 Å². The van der Waals surface area contributed by atoms with Crippen molar-refractivity contribution in [1.29, 1.82) is 0 Å². The molecule has 29 heavy (non-hydrogen) atoms. The molecular formula is C21H17FN2O4S. The third-order valence-corrected chi connectivity index (χ3v) is 4.87. The molecule has 3 aromatic rings. The van der Waals surface area contributed by atoms with E-state index in [1.807, 2.05) is 0 Å². The summed E-state index contributed by atoms with van der Waals surface area (Å²) in [6.45, 7) is 0.969. The average molecular weight is 412 g/mol. The van der Waals surface area contributed by atoms with E-state index in [9.17, 15) is 18.8 Å². The van der Waals surface area contributed by atoms with E-state index < -0.39 is 18.5 Å². The minimum absolute atomic E-state index is 0.190. The standard InChI is InChI=1S/C21H17FN2O4S/c1-13(25)23-16-6-8-17(9-7-16)24-20(26)12-28-21(27)19-11-10-18(29-19)14-2-4-15(22)5-3-14/h2-11H,12H2,1H3,(H,23,25)(H,24,26). The van der Waals surface area contributed by atoms with Crippen molar-refractivity contribution >= 4 is 40.5 Å². The predicted molar refractivity (Wildman–Crippen MR) is 109 cm³/mol. The first kappa shape index (κ1) is 20.2. The molecule has 0 bridgehead atoms. The number of esters is 1. The lowest BCUT2D eigenvalue weighted by atomic mass is 10.2. The quantitative estimate of drug-likeness (QED) is 0.591. The number of nitrogens with one attached hydrogen (secondary N) is 2. The first-order valence-electron chi connectivity index (χ1n) is 8.61. The van der Waals surface area contributed by atoms with Crippen LogP contribution in [0.4, 0.5) is 15.8 Å². The molecule has 148 valence electrons. The molecule has 0 aliphatic rings. The van der Waals surface area contributed by atoms with Crippen molar-refractivity contribution in [3.63, 3.8) is 0 Å². The van der Waals surface area contributed by atoms with Gasteiger partial charge in [-0.2, -0.15) is 0 Å². The lowest BCUT2D eigenvalue weighted by Gasteiger charge is -2.07. The van der Waals surface area contributed by atoms with E-state index in [1.54, 1.807) is 48.5 Å². The number of ether oxygens (including phenoxy) is 1. The second-order valence-corrected chi connectivity index (χ2v) is 7.14. The Morgan fingerprint density at radius 1 is 0.897 bits per heavy atom. The van der Waals surface area contributed by atoms with Gasteiger partial charge in [0.15, 0.2) is 6.61 Å². The minimum Gasteiger partial charge on any atom is -0.451 e. The molecule has 0 saturated carbocycles. The van der Waals surface area contributed by atoms with Gasteiger partial charge in [0.25, 0.3) is 5.91 Å². The lowest BCUT2D eigenvalue weighted by Crippen LogP contribution is -2.20. The van der Waals surface area contributed by atoms with Crippen molar-refractivity contribution in [3.8, 4) is 10.4 Å². The monoisotopic (exact) mass is 412 g/mol. The molecule has 1 heterocycles.